The van der Waals surface area contributed by atoms with Crippen LogP contribution in [0.15, 0.2) is 46.0 Å². The molecule has 176 valence electrons. The van der Waals surface area contributed by atoms with Crippen LogP contribution in [0, 0.1) is 0 Å². The first-order chi connectivity index (χ1) is 15.2. The van der Waals surface area contributed by atoms with Crippen LogP contribution in [-0.4, -0.2) is 56.2 Å². The van der Waals surface area contributed by atoms with Gasteiger partial charge in [0, 0.05) is 57.2 Å². The number of carbonyl (C=O) groups excluding carboxylic acids is 1. The molecule has 0 aliphatic carbocycles. The summed E-state index contributed by atoms with van der Waals surface area (Å²) in [5, 5.41) is 6.57. The predicted octanol–water partition coefficient (Wildman–Crippen LogP) is 3.92. The zero-order valence-electron chi connectivity index (χ0n) is 18.8. The van der Waals surface area contributed by atoms with E-state index in [1.54, 1.807) is 6.26 Å². The summed E-state index contributed by atoms with van der Waals surface area (Å²) in [7, 11) is 0. The third-order valence-electron chi connectivity index (χ3n) is 4.97. The lowest BCUT2D eigenvalue weighted by molar-refractivity contribution is -0.130. The van der Waals surface area contributed by atoms with Crippen molar-refractivity contribution in [1.82, 2.24) is 10.2 Å². The van der Waals surface area contributed by atoms with Crippen LogP contribution in [0.1, 0.15) is 32.4 Å². The van der Waals surface area contributed by atoms with E-state index in [2.05, 4.69) is 15.6 Å². The fraction of sp³-hybridized carbons (Fsp3) is 0.478. The molecule has 0 fully saturated rings. The van der Waals surface area contributed by atoms with Crippen molar-refractivity contribution in [3.8, 4) is 11.5 Å². The first kappa shape index (κ1) is 25.8. The van der Waals surface area contributed by atoms with E-state index < -0.39 is 0 Å². The molecule has 32 heavy (non-hydrogen) atoms. The standard InChI is InChI=1S/C23H32N4O4.HI/c1-3-27(4-2)22(28)11-13-25-23(24-12-10-19-7-5-14-29-19)26-18-8-9-20-21(17-18)31-16-6-15-30-20;/h5,7-9,14,17H,3-4,6,10-13,15-16H2,1-2H3,(H2,24,25,26);1H. The highest BCUT2D eigenvalue weighted by molar-refractivity contribution is 14.0. The first-order valence-corrected chi connectivity index (χ1v) is 10.9. The van der Waals surface area contributed by atoms with E-state index >= 15 is 0 Å². The Bertz CT molecular complexity index is 854. The number of fused-ring (bicyclic) bond motifs is 1. The average molecular weight is 556 g/mol. The topological polar surface area (TPSA) is 88.3 Å². The van der Waals surface area contributed by atoms with E-state index in [-0.39, 0.29) is 29.9 Å². The van der Waals surface area contributed by atoms with E-state index in [0.29, 0.717) is 50.9 Å². The third kappa shape index (κ3) is 7.92. The Hall–Kier alpha value is -2.43. The van der Waals surface area contributed by atoms with Gasteiger partial charge in [-0.1, -0.05) is 0 Å². The molecule has 0 unspecified atom stereocenters. The third-order valence-corrected chi connectivity index (χ3v) is 4.97. The van der Waals surface area contributed by atoms with Crippen molar-refractivity contribution in [2.75, 3.05) is 44.7 Å². The highest BCUT2D eigenvalue weighted by atomic mass is 127. The molecule has 0 radical (unpaired) electrons. The van der Waals surface area contributed by atoms with Crippen LogP contribution in [0.3, 0.4) is 0 Å². The summed E-state index contributed by atoms with van der Waals surface area (Å²) in [5.41, 5.74) is 0.837. The molecule has 3 rings (SSSR count). The lowest BCUT2D eigenvalue weighted by Gasteiger charge is -2.19. The van der Waals surface area contributed by atoms with Gasteiger partial charge < -0.3 is 29.4 Å². The second-order valence-corrected chi connectivity index (χ2v) is 7.14. The summed E-state index contributed by atoms with van der Waals surface area (Å²) in [5.74, 6) is 3.08. The average Bonchev–Trinajstić information content (AvgIpc) is 3.18. The van der Waals surface area contributed by atoms with Crippen molar-refractivity contribution < 1.29 is 18.7 Å². The molecular weight excluding hydrogens is 523 g/mol. The number of furan rings is 1. The Morgan fingerprint density at radius 3 is 2.62 bits per heavy atom. The Morgan fingerprint density at radius 2 is 1.91 bits per heavy atom. The molecule has 0 atom stereocenters. The summed E-state index contributed by atoms with van der Waals surface area (Å²) in [4.78, 5) is 18.8. The summed E-state index contributed by atoms with van der Waals surface area (Å²) in [6.07, 6.45) is 3.62. The smallest absolute Gasteiger partial charge is 0.224 e. The van der Waals surface area contributed by atoms with Gasteiger partial charge in [-0.3, -0.25) is 9.79 Å². The second-order valence-electron chi connectivity index (χ2n) is 7.14. The van der Waals surface area contributed by atoms with Crippen molar-refractivity contribution in [2.45, 2.75) is 33.1 Å². The molecule has 2 N–H and O–H groups in total. The molecule has 2 heterocycles. The van der Waals surface area contributed by atoms with Crippen LogP contribution in [0.25, 0.3) is 0 Å². The normalized spacial score (nSPS) is 13.0. The minimum Gasteiger partial charge on any atom is -0.490 e. The van der Waals surface area contributed by atoms with Gasteiger partial charge in [-0.05, 0) is 38.1 Å². The Labute approximate surface area is 206 Å². The monoisotopic (exact) mass is 556 g/mol. The van der Waals surface area contributed by atoms with Crippen molar-refractivity contribution >= 4 is 41.5 Å². The number of nitrogens with one attached hydrogen (secondary N) is 2. The zero-order valence-corrected chi connectivity index (χ0v) is 21.1. The number of hydrogen-bond donors (Lipinski definition) is 2. The number of nitrogens with zero attached hydrogens (tertiary/aromatic N) is 2. The second kappa shape index (κ2) is 13.9. The van der Waals surface area contributed by atoms with Crippen LogP contribution in [0.5, 0.6) is 11.5 Å². The minimum atomic E-state index is 0. The van der Waals surface area contributed by atoms with Gasteiger partial charge in [-0.25, -0.2) is 0 Å². The highest BCUT2D eigenvalue weighted by Gasteiger charge is 2.13. The maximum Gasteiger partial charge on any atom is 0.224 e. The zero-order chi connectivity index (χ0) is 21.9. The van der Waals surface area contributed by atoms with E-state index in [1.165, 1.54) is 0 Å². The van der Waals surface area contributed by atoms with Gasteiger partial charge in [0.25, 0.3) is 0 Å². The molecule has 2 aromatic rings. The summed E-state index contributed by atoms with van der Waals surface area (Å²) < 4.78 is 16.9. The molecule has 0 spiro atoms. The Morgan fingerprint density at radius 1 is 1.12 bits per heavy atom. The van der Waals surface area contributed by atoms with Crippen LogP contribution < -0.4 is 20.1 Å². The van der Waals surface area contributed by atoms with Crippen molar-refractivity contribution in [3.05, 3.63) is 42.4 Å². The lowest BCUT2D eigenvalue weighted by Crippen LogP contribution is -2.36. The van der Waals surface area contributed by atoms with Crippen LogP contribution in [0.2, 0.25) is 0 Å². The summed E-state index contributed by atoms with van der Waals surface area (Å²) in [6.45, 7) is 7.74. The number of ether oxygens (including phenoxy) is 2. The first-order valence-electron chi connectivity index (χ1n) is 10.9. The number of halogens is 1. The fourth-order valence-corrected chi connectivity index (χ4v) is 3.27. The molecule has 0 saturated carbocycles. The molecule has 1 aliphatic heterocycles. The molecule has 8 nitrogen and oxygen atoms in total. The number of hydrogen-bond acceptors (Lipinski definition) is 5. The predicted molar refractivity (Wildman–Crippen MR) is 136 cm³/mol. The maximum absolute atomic E-state index is 12.3. The van der Waals surface area contributed by atoms with Gasteiger partial charge in [0.15, 0.2) is 17.5 Å². The van der Waals surface area contributed by atoms with Gasteiger partial charge in [0.05, 0.1) is 19.5 Å². The molecule has 1 aromatic heterocycles. The van der Waals surface area contributed by atoms with Gasteiger partial charge >= 0.3 is 0 Å². The summed E-state index contributed by atoms with van der Waals surface area (Å²) >= 11 is 0. The SMILES string of the molecule is CCN(CC)C(=O)CCNC(=NCCc1ccco1)Nc1ccc2c(c1)OCCCO2.I. The number of guanidine groups is 1. The maximum atomic E-state index is 12.3. The van der Waals surface area contributed by atoms with Crippen LogP contribution in [-0.2, 0) is 11.2 Å². The highest BCUT2D eigenvalue weighted by Crippen LogP contribution is 2.32. The Balaban J connectivity index is 0.00000363. The molecule has 1 amide bonds. The van der Waals surface area contributed by atoms with Crippen molar-refractivity contribution in [2.24, 2.45) is 4.99 Å². The number of anilines is 1. The molecule has 1 aromatic carbocycles. The van der Waals surface area contributed by atoms with Gasteiger partial charge in [-0.2, -0.15) is 0 Å². The molecule has 0 bridgehead atoms. The van der Waals surface area contributed by atoms with E-state index in [0.717, 1.165) is 36.7 Å². The van der Waals surface area contributed by atoms with Gasteiger partial charge in [0.1, 0.15) is 5.76 Å². The number of aliphatic imine (C=N–C) groups is 1. The van der Waals surface area contributed by atoms with Gasteiger partial charge in [0.2, 0.25) is 5.91 Å². The molecule has 9 heteroatoms. The molecular formula is C23H33IN4O4. The number of benzene rings is 1. The summed E-state index contributed by atoms with van der Waals surface area (Å²) in [6, 6.07) is 9.53. The Kier molecular flexibility index (Phi) is 11.2. The van der Waals surface area contributed by atoms with Crippen molar-refractivity contribution in [3.63, 3.8) is 0 Å². The van der Waals surface area contributed by atoms with E-state index in [4.69, 9.17) is 13.9 Å². The number of carbonyl (C=O) groups is 1. The quantitative estimate of drug-likeness (QED) is 0.277. The van der Waals surface area contributed by atoms with Crippen molar-refractivity contribution in [1.29, 1.82) is 0 Å². The van der Waals surface area contributed by atoms with E-state index in [1.807, 2.05) is 49.1 Å². The van der Waals surface area contributed by atoms with Crippen LogP contribution in [0.4, 0.5) is 5.69 Å². The molecule has 1 aliphatic rings. The van der Waals surface area contributed by atoms with Crippen LogP contribution >= 0.6 is 24.0 Å². The largest absolute Gasteiger partial charge is 0.490 e. The molecule has 0 saturated heterocycles. The van der Waals surface area contributed by atoms with Gasteiger partial charge in [-0.15, -0.1) is 24.0 Å². The fourth-order valence-electron chi connectivity index (χ4n) is 3.27. The minimum absolute atomic E-state index is 0. The lowest BCUT2D eigenvalue weighted by atomic mass is 10.2. The van der Waals surface area contributed by atoms with E-state index in [9.17, 15) is 4.79 Å². The number of amides is 1. The number of rotatable bonds is 9.